The Labute approximate surface area is 178 Å². The normalized spacial score (nSPS) is 11.3. The van der Waals surface area contributed by atoms with Crippen LogP contribution in [0.5, 0.6) is 11.5 Å². The maximum absolute atomic E-state index is 12.3. The first-order valence-corrected chi connectivity index (χ1v) is 9.42. The molecular weight excluding hydrogens is 411 g/mol. The van der Waals surface area contributed by atoms with Crippen molar-refractivity contribution in [2.45, 2.75) is 40.2 Å². The van der Waals surface area contributed by atoms with E-state index in [4.69, 9.17) is 4.74 Å². The van der Waals surface area contributed by atoms with Crippen LogP contribution in [-0.4, -0.2) is 12.3 Å². The predicted octanol–water partition coefficient (Wildman–Crippen LogP) is 5.61. The molecule has 5 nitrogen and oxygen atoms in total. The molecule has 0 bridgehead atoms. The lowest BCUT2D eigenvalue weighted by atomic mass is 9.99. The smallest absolute Gasteiger partial charge is 0.573 e. The summed E-state index contributed by atoms with van der Waals surface area (Å²) in [6.45, 7) is 5.97. The van der Waals surface area contributed by atoms with Gasteiger partial charge in [-0.3, -0.25) is 4.79 Å². The van der Waals surface area contributed by atoms with E-state index in [0.29, 0.717) is 23.3 Å². The lowest BCUT2D eigenvalue weighted by Crippen LogP contribution is -2.17. The van der Waals surface area contributed by atoms with Gasteiger partial charge >= 0.3 is 6.36 Å². The number of hydrogen-bond acceptors (Lipinski definition) is 4. The van der Waals surface area contributed by atoms with Gasteiger partial charge in [0.2, 0.25) is 5.91 Å². The standard InChI is InChI=1S/C23H23F3NO4/c1-15(2)4-12-20-16(3)5-8-18(9-13-21(28)27-29)22(20)30-14-17-6-10-19(11-7-17)31-23(24,25)26/h4-11,13H,12,14H2,1-3H3,(H-,27,28,29)/q-1/b13-9+. The molecule has 0 aliphatic rings. The van der Waals surface area contributed by atoms with Crippen LogP contribution in [-0.2, 0) is 17.8 Å². The van der Waals surface area contributed by atoms with Crippen LogP contribution in [0.3, 0.4) is 0 Å². The number of carbonyl (C=O) groups is 1. The first-order chi connectivity index (χ1) is 14.6. The van der Waals surface area contributed by atoms with Gasteiger partial charge in [-0.05, 0) is 56.5 Å². The van der Waals surface area contributed by atoms with Gasteiger partial charge in [-0.25, -0.2) is 0 Å². The van der Waals surface area contributed by atoms with Crippen LogP contribution in [0.15, 0.2) is 54.1 Å². The Bertz CT molecular complexity index is 960. The average molecular weight is 434 g/mol. The summed E-state index contributed by atoms with van der Waals surface area (Å²) >= 11 is 0. The fraction of sp³-hybridized carbons (Fsp3) is 0.261. The molecule has 0 aromatic heterocycles. The van der Waals surface area contributed by atoms with E-state index in [-0.39, 0.29) is 12.4 Å². The Kier molecular flexibility index (Phi) is 8.27. The summed E-state index contributed by atoms with van der Waals surface area (Å²) in [7, 11) is 0. The van der Waals surface area contributed by atoms with Crippen molar-refractivity contribution >= 4 is 12.0 Å². The summed E-state index contributed by atoms with van der Waals surface area (Å²) in [4.78, 5) is 11.3. The number of nitrogens with one attached hydrogen (secondary N) is 1. The van der Waals surface area contributed by atoms with Gasteiger partial charge in [-0.2, -0.15) is 0 Å². The van der Waals surface area contributed by atoms with Crippen molar-refractivity contribution in [3.8, 4) is 11.5 Å². The molecule has 8 heteroatoms. The molecule has 2 rings (SSSR count). The van der Waals surface area contributed by atoms with E-state index in [1.807, 2.05) is 32.9 Å². The van der Waals surface area contributed by atoms with Crippen molar-refractivity contribution in [3.05, 3.63) is 81.6 Å². The quantitative estimate of drug-likeness (QED) is 0.333. The molecule has 0 atom stereocenters. The number of allylic oxidation sites excluding steroid dienone is 2. The maximum atomic E-state index is 12.3. The van der Waals surface area contributed by atoms with E-state index in [9.17, 15) is 23.2 Å². The van der Waals surface area contributed by atoms with E-state index in [0.717, 1.165) is 22.8 Å². The lowest BCUT2D eigenvalue weighted by Gasteiger charge is -2.17. The zero-order valence-corrected chi connectivity index (χ0v) is 17.4. The average Bonchev–Trinajstić information content (AvgIpc) is 2.70. The molecule has 0 fully saturated rings. The minimum Gasteiger partial charge on any atom is -0.759 e. The van der Waals surface area contributed by atoms with Crippen LogP contribution in [0.4, 0.5) is 13.2 Å². The number of halogens is 3. The number of carbonyl (C=O) groups excluding carboxylic acids is 1. The number of benzene rings is 2. The highest BCUT2D eigenvalue weighted by molar-refractivity contribution is 5.92. The van der Waals surface area contributed by atoms with Gasteiger partial charge in [0.1, 0.15) is 18.1 Å². The van der Waals surface area contributed by atoms with Gasteiger partial charge in [-0.1, -0.05) is 35.9 Å². The Morgan fingerprint density at radius 3 is 2.39 bits per heavy atom. The third-order valence-electron chi connectivity index (χ3n) is 4.29. The van der Waals surface area contributed by atoms with Crippen LogP contribution in [0, 0.1) is 12.1 Å². The highest BCUT2D eigenvalue weighted by Gasteiger charge is 2.30. The van der Waals surface area contributed by atoms with Crippen LogP contribution >= 0.6 is 0 Å². The molecule has 2 aromatic rings. The number of hydroxylamine groups is 1. The summed E-state index contributed by atoms with van der Waals surface area (Å²) in [5, 5.41) is 10.5. The van der Waals surface area contributed by atoms with E-state index >= 15 is 0 Å². The van der Waals surface area contributed by atoms with Crippen LogP contribution in [0.25, 0.3) is 6.08 Å². The number of aryl methyl sites for hydroxylation is 1. The second kappa shape index (κ2) is 10.7. The minimum atomic E-state index is -4.75. The molecule has 0 spiro atoms. The second-order valence-corrected chi connectivity index (χ2v) is 7.05. The first kappa shape index (κ1) is 24.0. The molecule has 166 valence electrons. The molecule has 1 amide bonds. The molecule has 0 heterocycles. The summed E-state index contributed by atoms with van der Waals surface area (Å²) in [5.41, 5.74) is 5.52. The molecule has 0 unspecified atom stereocenters. The monoisotopic (exact) mass is 434 g/mol. The zero-order chi connectivity index (χ0) is 23.0. The van der Waals surface area contributed by atoms with Crippen molar-refractivity contribution in [2.24, 2.45) is 0 Å². The van der Waals surface area contributed by atoms with Crippen molar-refractivity contribution in [3.63, 3.8) is 0 Å². The van der Waals surface area contributed by atoms with Gasteiger partial charge in [0.05, 0.1) is 0 Å². The Morgan fingerprint density at radius 2 is 1.81 bits per heavy atom. The Balaban J connectivity index is 2.31. The largest absolute Gasteiger partial charge is 0.759 e. The van der Waals surface area contributed by atoms with Crippen molar-refractivity contribution in [1.29, 1.82) is 0 Å². The fourth-order valence-electron chi connectivity index (χ4n) is 2.75. The number of ether oxygens (including phenoxy) is 2. The molecule has 31 heavy (non-hydrogen) atoms. The molecule has 0 saturated heterocycles. The lowest BCUT2D eigenvalue weighted by molar-refractivity contribution is -0.274. The topological polar surface area (TPSA) is 70.6 Å². The number of alkyl halides is 3. The van der Waals surface area contributed by atoms with Crippen molar-refractivity contribution < 1.29 is 27.4 Å². The highest BCUT2D eigenvalue weighted by Crippen LogP contribution is 2.31. The number of rotatable bonds is 8. The Morgan fingerprint density at radius 1 is 1.13 bits per heavy atom. The van der Waals surface area contributed by atoms with Crippen LogP contribution in [0.1, 0.15) is 36.1 Å². The number of hydrogen-bond donors (Lipinski definition) is 1. The third kappa shape index (κ3) is 7.82. The first-order valence-electron chi connectivity index (χ1n) is 9.42. The van der Waals surface area contributed by atoms with E-state index in [1.165, 1.54) is 35.8 Å². The summed E-state index contributed by atoms with van der Waals surface area (Å²) in [6, 6.07) is 9.04. The predicted molar refractivity (Wildman–Crippen MR) is 112 cm³/mol. The molecule has 0 aliphatic heterocycles. The summed E-state index contributed by atoms with van der Waals surface area (Å²) in [6.07, 6.45) is 0.470. The molecule has 1 N–H and O–H groups in total. The van der Waals surface area contributed by atoms with Gasteiger partial charge < -0.3 is 20.2 Å². The van der Waals surface area contributed by atoms with E-state index < -0.39 is 12.3 Å². The molecule has 0 radical (unpaired) electrons. The van der Waals surface area contributed by atoms with Crippen LogP contribution < -0.4 is 15.0 Å². The Hall–Kier alpha value is -3.26. The van der Waals surface area contributed by atoms with Crippen molar-refractivity contribution in [1.82, 2.24) is 5.48 Å². The second-order valence-electron chi connectivity index (χ2n) is 7.05. The zero-order valence-electron chi connectivity index (χ0n) is 17.4. The minimum absolute atomic E-state index is 0.0894. The van der Waals surface area contributed by atoms with Gasteiger partial charge in [0.25, 0.3) is 0 Å². The van der Waals surface area contributed by atoms with Gasteiger partial charge in [-0.15, -0.1) is 13.2 Å². The number of amides is 1. The SMILES string of the molecule is CC(C)=CCc1c(C)ccc(/C=C/C(=O)N[O-])c1OCc1ccc(OC(F)(F)F)cc1. The molecule has 0 saturated carbocycles. The van der Waals surface area contributed by atoms with E-state index in [2.05, 4.69) is 4.74 Å². The fourth-order valence-corrected chi connectivity index (χ4v) is 2.75. The molecular formula is C23H23F3NO4-. The highest BCUT2D eigenvalue weighted by atomic mass is 19.4. The molecule has 2 aromatic carbocycles. The van der Waals surface area contributed by atoms with Gasteiger partial charge in [0.15, 0.2) is 0 Å². The summed E-state index contributed by atoms with van der Waals surface area (Å²) < 4.78 is 46.8. The van der Waals surface area contributed by atoms with Gasteiger partial charge in [0, 0.05) is 17.2 Å². The van der Waals surface area contributed by atoms with Crippen molar-refractivity contribution in [2.75, 3.05) is 0 Å². The van der Waals surface area contributed by atoms with E-state index in [1.54, 1.807) is 6.07 Å². The third-order valence-corrected chi connectivity index (χ3v) is 4.29. The maximum Gasteiger partial charge on any atom is 0.573 e. The van der Waals surface area contributed by atoms with Crippen LogP contribution in [0.2, 0.25) is 0 Å². The summed E-state index contributed by atoms with van der Waals surface area (Å²) in [5.74, 6) is -0.580. The molecule has 0 aliphatic carbocycles.